The van der Waals surface area contributed by atoms with Crippen molar-refractivity contribution in [3.8, 4) is 0 Å². The van der Waals surface area contributed by atoms with Crippen molar-refractivity contribution in [2.24, 2.45) is 5.92 Å². The number of carbonyl (C=O) groups excluding carboxylic acids is 2. The predicted molar refractivity (Wildman–Crippen MR) is 86.5 cm³/mol. The molecular formula is C18H26O5. The fourth-order valence-electron chi connectivity index (χ4n) is 2.16. The molecule has 128 valence electrons. The van der Waals surface area contributed by atoms with Crippen molar-refractivity contribution in [3.63, 3.8) is 0 Å². The molecule has 0 amide bonds. The minimum absolute atomic E-state index is 0.0244. The van der Waals surface area contributed by atoms with Gasteiger partial charge in [0.25, 0.3) is 0 Å². The number of benzene rings is 1. The summed E-state index contributed by atoms with van der Waals surface area (Å²) in [5.74, 6) is -0.618. The summed E-state index contributed by atoms with van der Waals surface area (Å²) in [7, 11) is 0. The second-order valence-corrected chi connectivity index (χ2v) is 6.14. The molecule has 0 radical (unpaired) electrons. The average molecular weight is 322 g/mol. The van der Waals surface area contributed by atoms with Gasteiger partial charge in [0.05, 0.1) is 18.9 Å². The molecular weight excluding hydrogens is 296 g/mol. The van der Waals surface area contributed by atoms with Crippen LogP contribution in [0.25, 0.3) is 0 Å². The SMILES string of the molecule is CC(C)C[C@H](CC(=O)OCc1ccccc1)OC(=O)C[C@@H](C)O. The summed E-state index contributed by atoms with van der Waals surface area (Å²) in [6.07, 6.45) is -0.757. The minimum Gasteiger partial charge on any atom is -0.462 e. The number of esters is 2. The highest BCUT2D eigenvalue weighted by atomic mass is 16.6. The highest BCUT2D eigenvalue weighted by Gasteiger charge is 2.21. The quantitative estimate of drug-likeness (QED) is 0.708. The third-order valence-corrected chi connectivity index (χ3v) is 3.13. The summed E-state index contributed by atoms with van der Waals surface area (Å²) in [5.41, 5.74) is 0.910. The van der Waals surface area contributed by atoms with Crippen LogP contribution in [0.3, 0.4) is 0 Å². The summed E-state index contributed by atoms with van der Waals surface area (Å²) in [6.45, 7) is 5.71. The zero-order valence-electron chi connectivity index (χ0n) is 14.0. The maximum Gasteiger partial charge on any atom is 0.309 e. The molecule has 23 heavy (non-hydrogen) atoms. The lowest BCUT2D eigenvalue weighted by atomic mass is 10.0. The topological polar surface area (TPSA) is 72.8 Å². The zero-order chi connectivity index (χ0) is 17.2. The third kappa shape index (κ3) is 8.98. The molecule has 0 fully saturated rings. The van der Waals surface area contributed by atoms with Crippen molar-refractivity contribution in [1.29, 1.82) is 0 Å². The van der Waals surface area contributed by atoms with Gasteiger partial charge in [-0.1, -0.05) is 44.2 Å². The standard InChI is InChI=1S/C18H26O5/c1-13(2)9-16(23-18(21)10-14(3)19)11-17(20)22-12-15-7-5-4-6-8-15/h4-8,13-14,16,19H,9-12H2,1-3H3/t14-,16-/m1/s1. The van der Waals surface area contributed by atoms with Crippen LogP contribution in [-0.4, -0.2) is 29.3 Å². The van der Waals surface area contributed by atoms with E-state index in [0.717, 1.165) is 5.56 Å². The average Bonchev–Trinajstić information content (AvgIpc) is 2.44. The van der Waals surface area contributed by atoms with Crippen LogP contribution in [0.4, 0.5) is 0 Å². The summed E-state index contributed by atoms with van der Waals surface area (Å²) >= 11 is 0. The molecule has 5 heteroatoms. The molecule has 0 heterocycles. The Morgan fingerprint density at radius 1 is 1.04 bits per heavy atom. The van der Waals surface area contributed by atoms with Crippen LogP contribution in [-0.2, 0) is 25.7 Å². The van der Waals surface area contributed by atoms with E-state index in [-0.39, 0.29) is 25.4 Å². The van der Waals surface area contributed by atoms with E-state index in [1.165, 1.54) is 6.92 Å². The van der Waals surface area contributed by atoms with Crippen LogP contribution < -0.4 is 0 Å². The lowest BCUT2D eigenvalue weighted by Gasteiger charge is -2.19. The second kappa shape index (κ2) is 10.0. The monoisotopic (exact) mass is 322 g/mol. The molecule has 5 nitrogen and oxygen atoms in total. The first-order valence-corrected chi connectivity index (χ1v) is 7.94. The molecule has 0 aliphatic rings. The Labute approximate surface area is 137 Å². The number of rotatable bonds is 9. The molecule has 0 saturated heterocycles. The third-order valence-electron chi connectivity index (χ3n) is 3.13. The van der Waals surface area contributed by atoms with Gasteiger partial charge in [-0.05, 0) is 24.8 Å². The first-order chi connectivity index (χ1) is 10.9. The maximum atomic E-state index is 11.9. The van der Waals surface area contributed by atoms with Gasteiger partial charge in [-0.3, -0.25) is 9.59 Å². The molecule has 2 atom stereocenters. The van der Waals surface area contributed by atoms with E-state index in [1.54, 1.807) is 0 Å². The molecule has 0 aromatic heterocycles. The van der Waals surface area contributed by atoms with Crippen LogP contribution in [0.15, 0.2) is 30.3 Å². The van der Waals surface area contributed by atoms with Gasteiger partial charge in [-0.25, -0.2) is 0 Å². The lowest BCUT2D eigenvalue weighted by Crippen LogP contribution is -2.25. The zero-order valence-corrected chi connectivity index (χ0v) is 14.0. The Bertz CT molecular complexity index is 481. The van der Waals surface area contributed by atoms with Crippen LogP contribution >= 0.6 is 0 Å². The van der Waals surface area contributed by atoms with Gasteiger partial charge >= 0.3 is 11.9 Å². The van der Waals surface area contributed by atoms with Crippen molar-refractivity contribution in [2.75, 3.05) is 0 Å². The number of aliphatic hydroxyl groups excluding tert-OH is 1. The molecule has 1 N–H and O–H groups in total. The molecule has 0 bridgehead atoms. The number of ether oxygens (including phenoxy) is 2. The maximum absolute atomic E-state index is 11.9. The largest absolute Gasteiger partial charge is 0.462 e. The van der Waals surface area contributed by atoms with Crippen LogP contribution in [0, 0.1) is 5.92 Å². The molecule has 0 unspecified atom stereocenters. The van der Waals surface area contributed by atoms with Crippen molar-refractivity contribution >= 4 is 11.9 Å². The fourth-order valence-corrected chi connectivity index (χ4v) is 2.16. The van der Waals surface area contributed by atoms with E-state index in [1.807, 2.05) is 44.2 Å². The Morgan fingerprint density at radius 3 is 2.26 bits per heavy atom. The van der Waals surface area contributed by atoms with Gasteiger partial charge in [0, 0.05) is 0 Å². The highest BCUT2D eigenvalue weighted by molar-refractivity contribution is 5.72. The van der Waals surface area contributed by atoms with E-state index >= 15 is 0 Å². The molecule has 0 spiro atoms. The van der Waals surface area contributed by atoms with Gasteiger partial charge < -0.3 is 14.6 Å². The number of aliphatic hydroxyl groups is 1. The van der Waals surface area contributed by atoms with Crippen molar-refractivity contribution in [2.45, 2.75) is 58.8 Å². The van der Waals surface area contributed by atoms with E-state index < -0.39 is 24.1 Å². The van der Waals surface area contributed by atoms with Gasteiger partial charge in [-0.2, -0.15) is 0 Å². The van der Waals surface area contributed by atoms with Crippen LogP contribution in [0.1, 0.15) is 45.6 Å². The van der Waals surface area contributed by atoms with Gasteiger partial charge in [0.15, 0.2) is 0 Å². The number of carbonyl (C=O) groups is 2. The highest BCUT2D eigenvalue weighted by Crippen LogP contribution is 2.14. The van der Waals surface area contributed by atoms with Gasteiger partial charge in [-0.15, -0.1) is 0 Å². The minimum atomic E-state index is -0.757. The predicted octanol–water partition coefficient (Wildman–Crippen LogP) is 2.85. The molecule has 0 saturated carbocycles. The van der Waals surface area contributed by atoms with Gasteiger partial charge in [0.2, 0.25) is 0 Å². The molecule has 1 aromatic carbocycles. The van der Waals surface area contributed by atoms with E-state index in [0.29, 0.717) is 6.42 Å². The summed E-state index contributed by atoms with van der Waals surface area (Å²) in [6, 6.07) is 9.40. The lowest BCUT2D eigenvalue weighted by molar-refractivity contribution is -0.157. The summed E-state index contributed by atoms with van der Waals surface area (Å²) < 4.78 is 10.5. The summed E-state index contributed by atoms with van der Waals surface area (Å²) in [4.78, 5) is 23.6. The fraction of sp³-hybridized carbons (Fsp3) is 0.556. The molecule has 0 aliphatic carbocycles. The summed E-state index contributed by atoms with van der Waals surface area (Å²) in [5, 5.41) is 9.22. The van der Waals surface area contributed by atoms with Crippen LogP contribution in [0.5, 0.6) is 0 Å². The number of hydrogen-bond acceptors (Lipinski definition) is 5. The first-order valence-electron chi connectivity index (χ1n) is 7.94. The first kappa shape index (κ1) is 19.2. The van der Waals surface area contributed by atoms with Crippen molar-refractivity contribution < 1.29 is 24.2 Å². The second-order valence-electron chi connectivity index (χ2n) is 6.14. The Kier molecular flexibility index (Phi) is 8.33. The van der Waals surface area contributed by atoms with Gasteiger partial charge in [0.1, 0.15) is 12.7 Å². The van der Waals surface area contributed by atoms with Crippen molar-refractivity contribution in [1.82, 2.24) is 0 Å². The van der Waals surface area contributed by atoms with Crippen LogP contribution in [0.2, 0.25) is 0 Å². The van der Waals surface area contributed by atoms with E-state index in [4.69, 9.17) is 9.47 Å². The number of hydrogen-bond donors (Lipinski definition) is 1. The smallest absolute Gasteiger partial charge is 0.309 e. The molecule has 1 rings (SSSR count). The molecule has 0 aliphatic heterocycles. The Hall–Kier alpha value is -1.88. The van der Waals surface area contributed by atoms with Crippen molar-refractivity contribution in [3.05, 3.63) is 35.9 Å². The Morgan fingerprint density at radius 2 is 1.70 bits per heavy atom. The molecule has 1 aromatic rings. The Balaban J connectivity index is 2.48. The van der Waals surface area contributed by atoms with E-state index in [2.05, 4.69) is 0 Å². The van der Waals surface area contributed by atoms with E-state index in [9.17, 15) is 14.7 Å². The normalized spacial score (nSPS) is 13.4.